The maximum absolute atomic E-state index is 12.7. The second kappa shape index (κ2) is 7.72. The van der Waals surface area contributed by atoms with Gasteiger partial charge in [-0.15, -0.1) is 0 Å². The summed E-state index contributed by atoms with van der Waals surface area (Å²) in [5, 5.41) is 5.34. The Bertz CT molecular complexity index is 702. The van der Waals surface area contributed by atoms with Crippen LogP contribution in [0, 0.1) is 0 Å². The molecule has 0 saturated carbocycles. The Morgan fingerprint density at radius 1 is 1.12 bits per heavy atom. The summed E-state index contributed by atoms with van der Waals surface area (Å²) in [6.07, 6.45) is -4.42. The Hall–Kier alpha value is -2.70. The zero-order chi connectivity index (χ0) is 17.6. The molecule has 0 aromatic heterocycles. The third-order valence-corrected chi connectivity index (χ3v) is 3.10. The molecular weight excluding hydrogens is 321 g/mol. The monoisotopic (exact) mass is 338 g/mol. The molecule has 0 radical (unpaired) electrons. The molecule has 0 saturated heterocycles. The first-order chi connectivity index (χ1) is 11.4. The van der Waals surface area contributed by atoms with Crippen LogP contribution in [0.4, 0.5) is 24.5 Å². The van der Waals surface area contributed by atoms with Gasteiger partial charge < -0.3 is 15.4 Å². The number of benzene rings is 2. The largest absolute Gasteiger partial charge is 0.492 e. The zero-order valence-corrected chi connectivity index (χ0v) is 13.0. The third kappa shape index (κ3) is 4.91. The lowest BCUT2D eigenvalue weighted by Gasteiger charge is -2.13. The molecule has 2 aromatic carbocycles. The van der Waals surface area contributed by atoms with Crippen LogP contribution >= 0.6 is 0 Å². The highest BCUT2D eigenvalue weighted by Gasteiger charge is 2.30. The molecule has 0 fully saturated rings. The van der Waals surface area contributed by atoms with Crippen molar-refractivity contribution in [3.63, 3.8) is 0 Å². The van der Waals surface area contributed by atoms with Gasteiger partial charge in [0.15, 0.2) is 0 Å². The molecule has 7 heteroatoms. The van der Waals surface area contributed by atoms with Crippen LogP contribution in [0.25, 0.3) is 0 Å². The number of ether oxygens (including phenoxy) is 1. The van der Waals surface area contributed by atoms with Gasteiger partial charge in [-0.2, -0.15) is 13.2 Å². The van der Waals surface area contributed by atoms with Gasteiger partial charge in [-0.05, 0) is 37.3 Å². The van der Waals surface area contributed by atoms with Crippen molar-refractivity contribution in [2.75, 3.05) is 23.8 Å². The quantitative estimate of drug-likeness (QED) is 0.832. The van der Waals surface area contributed by atoms with Crippen LogP contribution in [-0.2, 0) is 11.0 Å². The van der Waals surface area contributed by atoms with Crippen molar-refractivity contribution in [3.8, 4) is 5.75 Å². The van der Waals surface area contributed by atoms with Gasteiger partial charge in [0.05, 0.1) is 24.4 Å². The maximum Gasteiger partial charge on any atom is 0.416 e. The van der Waals surface area contributed by atoms with E-state index in [1.165, 1.54) is 12.1 Å². The van der Waals surface area contributed by atoms with E-state index in [-0.39, 0.29) is 18.1 Å². The Morgan fingerprint density at radius 3 is 2.58 bits per heavy atom. The predicted molar refractivity (Wildman–Crippen MR) is 86.2 cm³/mol. The van der Waals surface area contributed by atoms with Crippen LogP contribution < -0.4 is 15.4 Å². The first kappa shape index (κ1) is 17.7. The first-order valence-electron chi connectivity index (χ1n) is 7.33. The Labute approximate surface area is 137 Å². The lowest BCUT2D eigenvalue weighted by molar-refractivity contribution is -0.137. The molecular formula is C17H17F3N2O2. The van der Waals surface area contributed by atoms with Crippen molar-refractivity contribution in [2.24, 2.45) is 0 Å². The molecule has 2 rings (SSSR count). The Balaban J connectivity index is 1.97. The third-order valence-electron chi connectivity index (χ3n) is 3.10. The van der Waals surface area contributed by atoms with Crippen LogP contribution in [0.1, 0.15) is 12.5 Å². The number of halogens is 3. The molecule has 0 atom stereocenters. The number of nitrogens with one attached hydrogen (secondary N) is 2. The number of carbonyl (C=O) groups is 1. The van der Waals surface area contributed by atoms with Gasteiger partial charge in [0.25, 0.3) is 0 Å². The molecule has 0 aliphatic carbocycles. The molecule has 0 spiro atoms. The van der Waals surface area contributed by atoms with E-state index in [9.17, 15) is 18.0 Å². The zero-order valence-electron chi connectivity index (χ0n) is 13.0. The van der Waals surface area contributed by atoms with E-state index in [1.54, 1.807) is 24.3 Å². The fourth-order valence-corrected chi connectivity index (χ4v) is 2.03. The lowest BCUT2D eigenvalue weighted by atomic mass is 10.2. The van der Waals surface area contributed by atoms with E-state index < -0.39 is 11.7 Å². The van der Waals surface area contributed by atoms with Crippen molar-refractivity contribution in [3.05, 3.63) is 54.1 Å². The van der Waals surface area contributed by atoms with Gasteiger partial charge in [-0.3, -0.25) is 4.79 Å². The Kier molecular flexibility index (Phi) is 5.68. The van der Waals surface area contributed by atoms with E-state index in [1.807, 2.05) is 6.92 Å². The summed E-state index contributed by atoms with van der Waals surface area (Å²) in [7, 11) is 0. The van der Waals surface area contributed by atoms with Crippen LogP contribution in [0.2, 0.25) is 0 Å². The van der Waals surface area contributed by atoms with Gasteiger partial charge in [0.1, 0.15) is 5.75 Å². The van der Waals surface area contributed by atoms with Gasteiger partial charge in [-0.25, -0.2) is 0 Å². The van der Waals surface area contributed by atoms with Crippen molar-refractivity contribution in [1.29, 1.82) is 0 Å². The highest BCUT2D eigenvalue weighted by molar-refractivity contribution is 5.95. The molecule has 4 nitrogen and oxygen atoms in total. The molecule has 0 bridgehead atoms. The summed E-state index contributed by atoms with van der Waals surface area (Å²) in [5.74, 6) is 0.145. The van der Waals surface area contributed by atoms with E-state index in [4.69, 9.17) is 4.74 Å². The van der Waals surface area contributed by atoms with Crippen LogP contribution in [0.5, 0.6) is 5.75 Å². The molecule has 24 heavy (non-hydrogen) atoms. The standard InChI is InChI=1S/C17H17F3N2O2/c1-2-24-15-9-4-3-8-14(15)22-16(23)11-21-13-7-5-6-12(10-13)17(18,19)20/h3-10,21H,2,11H2,1H3,(H,22,23). The van der Waals surface area contributed by atoms with Crippen molar-refractivity contribution < 1.29 is 22.7 Å². The summed E-state index contributed by atoms with van der Waals surface area (Å²) >= 11 is 0. The topological polar surface area (TPSA) is 50.4 Å². The molecule has 0 aliphatic rings. The second-order valence-corrected chi connectivity index (χ2v) is 4.91. The molecule has 2 aromatic rings. The fraction of sp³-hybridized carbons (Fsp3) is 0.235. The van der Waals surface area contributed by atoms with Gasteiger partial charge in [0.2, 0.25) is 5.91 Å². The van der Waals surface area contributed by atoms with Crippen molar-refractivity contribution in [1.82, 2.24) is 0 Å². The molecule has 128 valence electrons. The lowest BCUT2D eigenvalue weighted by Crippen LogP contribution is -2.22. The molecule has 2 N–H and O–H groups in total. The van der Waals surface area contributed by atoms with Crippen LogP contribution in [-0.4, -0.2) is 19.1 Å². The highest BCUT2D eigenvalue weighted by Crippen LogP contribution is 2.30. The van der Waals surface area contributed by atoms with Crippen molar-refractivity contribution in [2.45, 2.75) is 13.1 Å². The summed E-state index contributed by atoms with van der Waals surface area (Å²) in [6, 6.07) is 11.6. The molecule has 0 aliphatic heterocycles. The fourth-order valence-electron chi connectivity index (χ4n) is 2.03. The normalized spacial score (nSPS) is 11.0. The number of rotatable bonds is 6. The molecule has 0 unspecified atom stereocenters. The highest BCUT2D eigenvalue weighted by atomic mass is 19.4. The average Bonchev–Trinajstić information content (AvgIpc) is 2.54. The van der Waals surface area contributed by atoms with Crippen molar-refractivity contribution >= 4 is 17.3 Å². The molecule has 1 amide bonds. The van der Waals surface area contributed by atoms with E-state index in [0.717, 1.165) is 12.1 Å². The van der Waals surface area contributed by atoms with E-state index in [0.29, 0.717) is 18.0 Å². The summed E-state index contributed by atoms with van der Waals surface area (Å²) in [6.45, 7) is 2.12. The van der Waals surface area contributed by atoms with Crippen LogP contribution in [0.3, 0.4) is 0 Å². The average molecular weight is 338 g/mol. The number of anilines is 2. The number of hydrogen-bond donors (Lipinski definition) is 2. The summed E-state index contributed by atoms with van der Waals surface area (Å²) in [4.78, 5) is 12.0. The second-order valence-electron chi connectivity index (χ2n) is 4.91. The minimum atomic E-state index is -4.42. The Morgan fingerprint density at radius 2 is 1.88 bits per heavy atom. The molecule has 0 heterocycles. The SMILES string of the molecule is CCOc1ccccc1NC(=O)CNc1cccc(C(F)(F)F)c1. The number of alkyl halides is 3. The van der Waals surface area contributed by atoms with Gasteiger partial charge >= 0.3 is 6.18 Å². The predicted octanol–water partition coefficient (Wildman–Crippen LogP) is 4.15. The minimum Gasteiger partial charge on any atom is -0.492 e. The summed E-state index contributed by atoms with van der Waals surface area (Å²) in [5.41, 5.74) is -0.0390. The number of para-hydroxylation sites is 2. The van der Waals surface area contributed by atoms with E-state index >= 15 is 0 Å². The number of hydrogen-bond acceptors (Lipinski definition) is 3. The number of carbonyl (C=O) groups excluding carboxylic acids is 1. The smallest absolute Gasteiger partial charge is 0.416 e. The first-order valence-corrected chi connectivity index (χ1v) is 7.33. The summed E-state index contributed by atoms with van der Waals surface area (Å²) < 4.78 is 43.3. The van der Waals surface area contributed by atoms with Crippen LogP contribution in [0.15, 0.2) is 48.5 Å². The number of amides is 1. The van der Waals surface area contributed by atoms with E-state index in [2.05, 4.69) is 10.6 Å². The minimum absolute atomic E-state index is 0.165. The maximum atomic E-state index is 12.7. The van der Waals surface area contributed by atoms with Gasteiger partial charge in [0, 0.05) is 5.69 Å². The van der Waals surface area contributed by atoms with Gasteiger partial charge in [-0.1, -0.05) is 18.2 Å².